The van der Waals surface area contributed by atoms with Crippen LogP contribution in [0.5, 0.6) is 0 Å². The molecular weight excluding hydrogens is 1350 g/mol. The largest absolute Gasteiger partial charge is 0.458 e. The molecule has 30 nitrogen and oxygen atoms in total. The van der Waals surface area contributed by atoms with Gasteiger partial charge in [0.15, 0.2) is 11.3 Å². The number of rotatable bonds is 11. The molecule has 5 aliphatic heterocycles. The van der Waals surface area contributed by atoms with E-state index in [9.17, 15) is 43.2 Å². The number of esters is 2. The number of nitrogens with zero attached hydrogens (tertiary/aromatic N) is 7. The molecule has 0 aromatic heterocycles. The highest BCUT2D eigenvalue weighted by Gasteiger charge is 2.47. The maximum atomic E-state index is 15.7. The molecule has 550 valence electrons. The lowest BCUT2D eigenvalue weighted by atomic mass is 9.98. The number of aryl methyl sites for hydroxylation is 1. The van der Waals surface area contributed by atoms with Gasteiger partial charge in [-0.2, -0.15) is 0 Å². The van der Waals surface area contributed by atoms with Gasteiger partial charge in [0.2, 0.25) is 52.7 Å². The molecule has 2 aromatic rings. The first-order chi connectivity index (χ1) is 46.9. The van der Waals surface area contributed by atoms with E-state index in [1.54, 1.807) is 80.5 Å². The fraction of sp³-hybridized carbons (Fsp3) is 0.565. The zero-order valence-corrected chi connectivity index (χ0v) is 61.3. The Labute approximate surface area is 595 Å². The highest BCUT2D eigenvalue weighted by molar-refractivity contribution is 6.42. The standard InChI is InChI=1S/C69H91Cl2N13O16.H2O/c1-30(2)49-66(94)83-23-17-19-43(83)64(92)79(13)28-45(85)81(15)55(32(5)6)68(96)98-36(11)51(62(90)75-49)77-60(88)39-26-42(73-27-38-21-22-40(70)41(71)25-38)34(9)58-53(39)74-54-47(48(72)57(87)35(10)59(54)100-58)61(89)78-52-37(12)99-69(97)56(33(7)8)82(16)46(86)29-80(14)65(93)44-20-18-24-84(44)67(95)50(31(3)4)76-63(52)91;/h21-22,25-26,30-33,36-37,43-44,49-52,55-56,73H,17-20,23-24,27-29,72H2,1-16H3,(H,75,90)(H,76,91)(H,77,88)(H,78,89);1H2/t36-,37-,43+,44+,49-,50-,51+,52+,55+,56+;/m1./s1. The van der Waals surface area contributed by atoms with E-state index in [1.807, 2.05) is 0 Å². The SMILES string of the molecule is Cc1c2oc3c(C)c(NCc4ccc(Cl)c(Cl)c4)cc(C(=O)N[C@@H]4C(=O)N[C@H](C(C)C)C(=O)N5CCC[C@H]5C(=O)N(C)CC(=O)N(C)[C@@H](C(C)C)C(=O)O[C@@H]4C)c3nc-2c(C(=O)N[C@@H]2C(=O)N[C@H](C(C)C)C(=O)N3CCC[C@H]3C(=O)N(C)CC(=O)N(C)[C@@H](C(C)C)C(=O)O[C@@H]2C)c(N)c1=O.O. The van der Waals surface area contributed by atoms with Crippen LogP contribution in [0.15, 0.2) is 33.5 Å². The summed E-state index contributed by atoms with van der Waals surface area (Å²) in [5.41, 5.74) is 3.99. The fourth-order valence-electron chi connectivity index (χ4n) is 13.4. The first-order valence-electron chi connectivity index (χ1n) is 33.5. The maximum Gasteiger partial charge on any atom is 0.329 e. The molecule has 8 rings (SSSR count). The summed E-state index contributed by atoms with van der Waals surface area (Å²) < 4.78 is 18.7. The number of halogens is 2. The van der Waals surface area contributed by atoms with Gasteiger partial charge in [-0.15, -0.1) is 0 Å². The van der Waals surface area contributed by atoms with E-state index in [2.05, 4.69) is 26.6 Å². The molecule has 9 N–H and O–H groups in total. The lowest BCUT2D eigenvalue weighted by Gasteiger charge is -2.36. The van der Waals surface area contributed by atoms with Gasteiger partial charge in [-0.3, -0.25) is 52.7 Å². The van der Waals surface area contributed by atoms with Crippen LogP contribution in [0, 0.1) is 37.5 Å². The lowest BCUT2D eigenvalue weighted by Crippen LogP contribution is -2.61. The molecule has 0 radical (unpaired) electrons. The Hall–Kier alpha value is -9.16. The Kier molecular flexibility index (Phi) is 25.3. The summed E-state index contributed by atoms with van der Waals surface area (Å²) in [5, 5.41) is 14.6. The quantitative estimate of drug-likeness (QED) is 0.0714. The third-order valence-corrected chi connectivity index (χ3v) is 19.9. The molecule has 5 heterocycles. The topological polar surface area (TPSA) is 404 Å². The van der Waals surface area contributed by atoms with Gasteiger partial charge in [0, 0.05) is 64.6 Å². The van der Waals surface area contributed by atoms with E-state index < -0.39 is 191 Å². The zero-order chi connectivity index (χ0) is 74.1. The second-order valence-corrected chi connectivity index (χ2v) is 28.6. The maximum absolute atomic E-state index is 15.7. The Bertz CT molecular complexity index is 3980. The second-order valence-electron chi connectivity index (χ2n) is 27.8. The second kappa shape index (κ2) is 32.2. The number of nitrogen functional groups attached to an aromatic ring is 1. The van der Waals surface area contributed by atoms with Crippen molar-refractivity contribution < 1.29 is 76.9 Å². The smallest absolute Gasteiger partial charge is 0.329 e. The molecule has 0 unspecified atom stereocenters. The third-order valence-electron chi connectivity index (χ3n) is 19.2. The highest BCUT2D eigenvalue weighted by atomic mass is 35.5. The summed E-state index contributed by atoms with van der Waals surface area (Å²) in [7, 11) is 5.56. The van der Waals surface area contributed by atoms with E-state index in [0.29, 0.717) is 18.4 Å². The number of amides is 10. The van der Waals surface area contributed by atoms with E-state index in [-0.39, 0.29) is 87.2 Å². The van der Waals surface area contributed by atoms with Crippen LogP contribution in [0.1, 0.15) is 132 Å². The summed E-state index contributed by atoms with van der Waals surface area (Å²) in [6, 6.07) is -4.80. The highest BCUT2D eigenvalue weighted by Crippen LogP contribution is 2.38. The van der Waals surface area contributed by atoms with Gasteiger partial charge in [0.1, 0.15) is 71.8 Å². The molecule has 0 saturated carbocycles. The molecule has 101 heavy (non-hydrogen) atoms. The van der Waals surface area contributed by atoms with Gasteiger partial charge in [-0.25, -0.2) is 14.6 Å². The normalized spacial score (nSPS) is 24.5. The molecule has 4 fully saturated rings. The van der Waals surface area contributed by atoms with Crippen molar-refractivity contribution in [3.63, 3.8) is 0 Å². The third kappa shape index (κ3) is 16.4. The van der Waals surface area contributed by atoms with Crippen LogP contribution in [0.2, 0.25) is 10.0 Å². The average Bonchev–Trinajstić information content (AvgIpc) is 1.40. The van der Waals surface area contributed by atoms with E-state index >= 15 is 19.2 Å². The number of cyclic esters (lactones) is 2. The molecular formula is C69H93Cl2N13O17. The molecule has 1 aliphatic carbocycles. The number of hydrogen-bond donors (Lipinski definition) is 6. The summed E-state index contributed by atoms with van der Waals surface area (Å²) in [6.07, 6.45) is -1.83. The van der Waals surface area contributed by atoms with E-state index in [0.717, 1.165) is 9.80 Å². The van der Waals surface area contributed by atoms with Crippen molar-refractivity contribution in [2.45, 2.75) is 176 Å². The number of ether oxygens (including phenoxy) is 2. The van der Waals surface area contributed by atoms with Gasteiger partial charge >= 0.3 is 11.9 Å². The van der Waals surface area contributed by atoms with Crippen LogP contribution < -0.4 is 37.7 Å². The summed E-state index contributed by atoms with van der Waals surface area (Å²) in [4.78, 5) is 202. The monoisotopic (exact) mass is 1450 g/mol. The summed E-state index contributed by atoms with van der Waals surface area (Å²) in [6.45, 7) is 18.2. The van der Waals surface area contributed by atoms with Crippen molar-refractivity contribution in [3.05, 3.63) is 72.4 Å². The first kappa shape index (κ1) is 79.2. The van der Waals surface area contributed by atoms with Crippen LogP contribution in [0.3, 0.4) is 0 Å². The van der Waals surface area contributed by atoms with Gasteiger partial charge in [-0.05, 0) is 101 Å². The van der Waals surface area contributed by atoms with Gasteiger partial charge in [0.25, 0.3) is 11.8 Å². The number of benzene rings is 3. The van der Waals surface area contributed by atoms with Crippen molar-refractivity contribution in [1.29, 1.82) is 0 Å². The van der Waals surface area contributed by atoms with Crippen molar-refractivity contribution in [3.8, 4) is 11.5 Å². The Balaban J connectivity index is 0.0000143. The fourth-order valence-corrected chi connectivity index (χ4v) is 13.7. The predicted molar refractivity (Wildman–Crippen MR) is 373 cm³/mol. The Morgan fingerprint density at radius 2 is 1.09 bits per heavy atom. The van der Waals surface area contributed by atoms with Crippen molar-refractivity contribution in [2.75, 3.05) is 65.4 Å². The molecule has 0 bridgehead atoms. The molecule has 0 spiro atoms. The molecule has 32 heteroatoms. The number of anilines is 2. The number of fused-ring (bicyclic) bond motifs is 4. The number of aromatic nitrogens is 1. The van der Waals surface area contributed by atoms with Crippen molar-refractivity contribution >= 4 is 117 Å². The van der Waals surface area contributed by atoms with Gasteiger partial charge in [-0.1, -0.05) is 84.7 Å². The number of carbonyl (C=O) groups is 12. The van der Waals surface area contributed by atoms with Crippen LogP contribution in [-0.2, 0) is 64.0 Å². The Morgan fingerprint density at radius 3 is 1.52 bits per heavy atom. The van der Waals surface area contributed by atoms with E-state index in [1.165, 1.54) is 74.6 Å². The summed E-state index contributed by atoms with van der Waals surface area (Å²) in [5.74, 6) is -12.9. The number of likely N-dealkylation sites (N-methyl/N-ethyl adjacent to an activating group) is 4. The minimum atomic E-state index is -1.93. The summed E-state index contributed by atoms with van der Waals surface area (Å²) >= 11 is 12.7. The first-order valence-corrected chi connectivity index (χ1v) is 34.3. The minimum absolute atomic E-state index is 0. The zero-order valence-electron chi connectivity index (χ0n) is 59.8. The molecule has 10 atom stereocenters. The van der Waals surface area contributed by atoms with Crippen molar-refractivity contribution in [2.24, 2.45) is 23.7 Å². The predicted octanol–water partition coefficient (Wildman–Crippen LogP) is 2.82. The number of nitrogens with one attached hydrogen (secondary N) is 5. The van der Waals surface area contributed by atoms with Crippen LogP contribution in [-0.4, -0.2) is 226 Å². The lowest BCUT2D eigenvalue weighted by molar-refractivity contribution is -0.163. The number of nitrogens with two attached hydrogens (primary N) is 1. The van der Waals surface area contributed by atoms with E-state index in [4.69, 9.17) is 47.8 Å². The number of carbonyl (C=O) groups excluding carboxylic acids is 12. The van der Waals surface area contributed by atoms with Crippen LogP contribution >= 0.6 is 23.2 Å². The number of hydrogen-bond acceptors (Lipinski definition) is 19. The molecule has 4 saturated heterocycles. The molecule has 2 aromatic carbocycles. The van der Waals surface area contributed by atoms with Gasteiger partial charge in [0.05, 0.1) is 39.9 Å². The average molecular weight is 1450 g/mol. The van der Waals surface area contributed by atoms with Crippen LogP contribution in [0.25, 0.3) is 22.6 Å². The van der Waals surface area contributed by atoms with Crippen LogP contribution in [0.4, 0.5) is 11.4 Å². The Morgan fingerprint density at radius 1 is 0.634 bits per heavy atom. The molecule has 10 amide bonds. The van der Waals surface area contributed by atoms with Crippen molar-refractivity contribution in [1.82, 2.24) is 55.7 Å². The molecule has 6 aliphatic rings. The van der Waals surface area contributed by atoms with Gasteiger partial charge < -0.3 is 81.1 Å². The minimum Gasteiger partial charge on any atom is -0.458 e.